The molecule has 0 saturated carbocycles. The summed E-state index contributed by atoms with van der Waals surface area (Å²) in [6, 6.07) is 8.78. The highest BCUT2D eigenvalue weighted by Crippen LogP contribution is 2.13. The first-order chi connectivity index (χ1) is 9.00. The van der Waals surface area contributed by atoms with Crippen LogP contribution in [0.4, 0.5) is 5.69 Å². The van der Waals surface area contributed by atoms with E-state index in [4.69, 9.17) is 5.11 Å². The van der Waals surface area contributed by atoms with E-state index in [1.165, 1.54) is 0 Å². The number of aliphatic hydroxyl groups is 1. The SMILES string of the molecule is CCC(C)(CCO)NC(=O)C(=O)Nc1ccccc1. The molecule has 5 nitrogen and oxygen atoms in total. The van der Waals surface area contributed by atoms with Crippen molar-refractivity contribution in [3.05, 3.63) is 30.3 Å². The van der Waals surface area contributed by atoms with Crippen LogP contribution >= 0.6 is 0 Å². The lowest BCUT2D eigenvalue weighted by Crippen LogP contribution is -2.50. The van der Waals surface area contributed by atoms with Crippen LogP contribution in [0.15, 0.2) is 30.3 Å². The van der Waals surface area contributed by atoms with Gasteiger partial charge >= 0.3 is 11.8 Å². The molecule has 0 heterocycles. The van der Waals surface area contributed by atoms with Gasteiger partial charge in [0.1, 0.15) is 0 Å². The number of aliphatic hydroxyl groups excluding tert-OH is 1. The number of carbonyl (C=O) groups excluding carboxylic acids is 2. The lowest BCUT2D eigenvalue weighted by Gasteiger charge is -2.28. The van der Waals surface area contributed by atoms with Crippen molar-refractivity contribution in [3.63, 3.8) is 0 Å². The van der Waals surface area contributed by atoms with Crippen molar-refractivity contribution >= 4 is 17.5 Å². The molecule has 0 saturated heterocycles. The smallest absolute Gasteiger partial charge is 0.313 e. The zero-order valence-corrected chi connectivity index (χ0v) is 11.3. The maximum Gasteiger partial charge on any atom is 0.313 e. The Kier molecular flexibility index (Phi) is 5.51. The van der Waals surface area contributed by atoms with E-state index in [0.29, 0.717) is 18.5 Å². The Hall–Kier alpha value is -1.88. The standard InChI is InChI=1S/C14H20N2O3/c1-3-14(2,9-10-17)16-13(19)12(18)15-11-7-5-4-6-8-11/h4-8,17H,3,9-10H2,1-2H3,(H,15,18)(H,16,19). The van der Waals surface area contributed by atoms with E-state index in [9.17, 15) is 9.59 Å². The molecule has 0 aliphatic heterocycles. The van der Waals surface area contributed by atoms with Crippen molar-refractivity contribution in [1.82, 2.24) is 5.32 Å². The Labute approximate surface area is 113 Å². The minimum absolute atomic E-state index is 0.0368. The molecule has 3 N–H and O–H groups in total. The van der Waals surface area contributed by atoms with Crippen LogP contribution in [0.2, 0.25) is 0 Å². The number of rotatable bonds is 5. The molecule has 104 valence electrons. The van der Waals surface area contributed by atoms with Crippen LogP contribution in [0.3, 0.4) is 0 Å². The molecule has 1 aromatic carbocycles. The molecule has 0 radical (unpaired) electrons. The number of carbonyl (C=O) groups is 2. The summed E-state index contributed by atoms with van der Waals surface area (Å²) >= 11 is 0. The molecule has 0 spiro atoms. The summed E-state index contributed by atoms with van der Waals surface area (Å²) in [5.41, 5.74) is 0.00265. The Morgan fingerprint density at radius 2 is 1.84 bits per heavy atom. The Balaban J connectivity index is 2.60. The van der Waals surface area contributed by atoms with Gasteiger partial charge in [0.25, 0.3) is 0 Å². The number of amides is 2. The molecule has 1 unspecified atom stereocenters. The van der Waals surface area contributed by atoms with Gasteiger partial charge in [0, 0.05) is 17.8 Å². The average Bonchev–Trinajstić information content (AvgIpc) is 2.40. The minimum atomic E-state index is -0.705. The van der Waals surface area contributed by atoms with Crippen molar-refractivity contribution in [2.45, 2.75) is 32.2 Å². The van der Waals surface area contributed by atoms with Gasteiger partial charge in [0.15, 0.2) is 0 Å². The fourth-order valence-corrected chi connectivity index (χ4v) is 1.61. The highest BCUT2D eigenvalue weighted by atomic mass is 16.3. The van der Waals surface area contributed by atoms with Gasteiger partial charge in [-0.3, -0.25) is 9.59 Å². The maximum absolute atomic E-state index is 11.8. The first kappa shape index (κ1) is 15.2. The Bertz CT molecular complexity index is 434. The van der Waals surface area contributed by atoms with Crippen LogP contribution in [-0.2, 0) is 9.59 Å². The van der Waals surface area contributed by atoms with Crippen molar-refractivity contribution in [3.8, 4) is 0 Å². The normalized spacial score (nSPS) is 13.4. The molecule has 0 aromatic heterocycles. The van der Waals surface area contributed by atoms with Gasteiger partial charge in [-0.25, -0.2) is 0 Å². The highest BCUT2D eigenvalue weighted by molar-refractivity contribution is 6.39. The second-order valence-corrected chi connectivity index (χ2v) is 4.66. The summed E-state index contributed by atoms with van der Waals surface area (Å²) < 4.78 is 0. The van der Waals surface area contributed by atoms with E-state index in [2.05, 4.69) is 10.6 Å². The summed E-state index contributed by atoms with van der Waals surface area (Å²) in [6.07, 6.45) is 1.05. The van der Waals surface area contributed by atoms with Gasteiger partial charge < -0.3 is 15.7 Å². The lowest BCUT2D eigenvalue weighted by molar-refractivity contribution is -0.137. The third-order valence-corrected chi connectivity index (χ3v) is 3.10. The lowest BCUT2D eigenvalue weighted by atomic mass is 9.95. The van der Waals surface area contributed by atoms with Crippen molar-refractivity contribution in [2.24, 2.45) is 0 Å². The molecule has 0 aliphatic carbocycles. The number of nitrogens with one attached hydrogen (secondary N) is 2. The van der Waals surface area contributed by atoms with Crippen LogP contribution in [0.1, 0.15) is 26.7 Å². The molecule has 2 amide bonds. The summed E-state index contributed by atoms with van der Waals surface area (Å²) in [7, 11) is 0. The largest absolute Gasteiger partial charge is 0.396 e. The van der Waals surface area contributed by atoms with E-state index >= 15 is 0 Å². The molecule has 1 atom stereocenters. The van der Waals surface area contributed by atoms with Gasteiger partial charge in [-0.2, -0.15) is 0 Å². The van der Waals surface area contributed by atoms with Crippen LogP contribution in [-0.4, -0.2) is 29.1 Å². The van der Waals surface area contributed by atoms with Gasteiger partial charge in [-0.05, 0) is 31.9 Å². The topological polar surface area (TPSA) is 78.4 Å². The predicted molar refractivity (Wildman–Crippen MR) is 73.6 cm³/mol. The highest BCUT2D eigenvalue weighted by Gasteiger charge is 2.26. The van der Waals surface area contributed by atoms with Crippen molar-refractivity contribution < 1.29 is 14.7 Å². The molecular weight excluding hydrogens is 244 g/mol. The maximum atomic E-state index is 11.8. The van der Waals surface area contributed by atoms with Gasteiger partial charge in [0.2, 0.25) is 0 Å². The first-order valence-corrected chi connectivity index (χ1v) is 6.30. The summed E-state index contributed by atoms with van der Waals surface area (Å²) in [4.78, 5) is 23.5. The summed E-state index contributed by atoms with van der Waals surface area (Å²) in [5.74, 6) is -1.40. The van der Waals surface area contributed by atoms with E-state index in [-0.39, 0.29) is 6.61 Å². The molecule has 0 bridgehead atoms. The van der Waals surface area contributed by atoms with E-state index in [1.54, 1.807) is 31.2 Å². The number of benzene rings is 1. The number of hydrogen-bond donors (Lipinski definition) is 3. The molecular formula is C14H20N2O3. The average molecular weight is 264 g/mol. The molecule has 1 aromatic rings. The quantitative estimate of drug-likeness (QED) is 0.701. The second-order valence-electron chi connectivity index (χ2n) is 4.66. The molecule has 0 fully saturated rings. The molecule has 1 rings (SSSR count). The zero-order valence-electron chi connectivity index (χ0n) is 11.3. The zero-order chi connectivity index (χ0) is 14.3. The second kappa shape index (κ2) is 6.89. The third kappa shape index (κ3) is 4.71. The summed E-state index contributed by atoms with van der Waals surface area (Å²) in [5, 5.41) is 14.1. The van der Waals surface area contributed by atoms with Gasteiger partial charge in [-0.15, -0.1) is 0 Å². The van der Waals surface area contributed by atoms with Crippen molar-refractivity contribution in [2.75, 3.05) is 11.9 Å². The predicted octanol–water partition coefficient (Wildman–Crippen LogP) is 1.29. The third-order valence-electron chi connectivity index (χ3n) is 3.10. The van der Waals surface area contributed by atoms with Crippen LogP contribution in [0.25, 0.3) is 0 Å². The van der Waals surface area contributed by atoms with Crippen LogP contribution < -0.4 is 10.6 Å². The van der Waals surface area contributed by atoms with Crippen LogP contribution in [0.5, 0.6) is 0 Å². The molecule has 0 aliphatic rings. The first-order valence-electron chi connectivity index (χ1n) is 6.30. The number of anilines is 1. The number of hydrogen-bond acceptors (Lipinski definition) is 3. The van der Waals surface area contributed by atoms with Gasteiger partial charge in [-0.1, -0.05) is 25.1 Å². The monoisotopic (exact) mass is 264 g/mol. The van der Waals surface area contributed by atoms with Crippen LogP contribution in [0, 0.1) is 0 Å². The van der Waals surface area contributed by atoms with E-state index in [1.807, 2.05) is 13.0 Å². The van der Waals surface area contributed by atoms with E-state index in [0.717, 1.165) is 0 Å². The van der Waals surface area contributed by atoms with Gasteiger partial charge in [0.05, 0.1) is 0 Å². The minimum Gasteiger partial charge on any atom is -0.396 e. The number of para-hydroxylation sites is 1. The van der Waals surface area contributed by atoms with E-state index < -0.39 is 17.4 Å². The fraction of sp³-hybridized carbons (Fsp3) is 0.429. The summed E-state index contributed by atoms with van der Waals surface area (Å²) in [6.45, 7) is 3.66. The Morgan fingerprint density at radius 1 is 1.21 bits per heavy atom. The van der Waals surface area contributed by atoms with Crippen molar-refractivity contribution in [1.29, 1.82) is 0 Å². The fourth-order valence-electron chi connectivity index (χ4n) is 1.61. The molecule has 19 heavy (non-hydrogen) atoms. The Morgan fingerprint density at radius 3 is 2.37 bits per heavy atom. The molecule has 5 heteroatoms.